The second kappa shape index (κ2) is 7.43. The standard InChI is InChI=1S/C7H19N5O2S/c1-2-3-4-10-7(12-8)11-5-6-15(9,13)14/h2-6,8H2,1H3,(H2,9,13,14)(H2,10,11,12). The minimum atomic E-state index is -3.44. The van der Waals surface area contributed by atoms with Gasteiger partial charge in [0, 0.05) is 13.1 Å². The number of hydrazine groups is 1. The maximum atomic E-state index is 10.6. The van der Waals surface area contributed by atoms with Gasteiger partial charge in [-0.15, -0.1) is 0 Å². The number of hydrogen-bond donors (Lipinski definition) is 4. The van der Waals surface area contributed by atoms with Gasteiger partial charge in [0.25, 0.3) is 0 Å². The zero-order valence-corrected chi connectivity index (χ0v) is 9.68. The molecule has 15 heavy (non-hydrogen) atoms. The van der Waals surface area contributed by atoms with Crippen molar-refractivity contribution in [3.05, 3.63) is 0 Å². The summed E-state index contributed by atoms with van der Waals surface area (Å²) in [5.41, 5.74) is 2.35. The lowest BCUT2D eigenvalue weighted by molar-refractivity contribution is 0.596. The summed E-state index contributed by atoms with van der Waals surface area (Å²) in [7, 11) is -3.44. The largest absolute Gasteiger partial charge is 0.354 e. The van der Waals surface area contributed by atoms with Gasteiger partial charge in [0.2, 0.25) is 16.0 Å². The molecule has 0 bridgehead atoms. The summed E-state index contributed by atoms with van der Waals surface area (Å²) >= 11 is 0. The second-order valence-corrected chi connectivity index (χ2v) is 4.76. The van der Waals surface area contributed by atoms with Crippen LogP contribution in [0, 0.1) is 0 Å². The van der Waals surface area contributed by atoms with Crippen molar-refractivity contribution in [3.8, 4) is 0 Å². The van der Waals surface area contributed by atoms with Gasteiger partial charge < -0.3 is 5.32 Å². The fourth-order valence-electron chi connectivity index (χ4n) is 0.813. The molecule has 8 heteroatoms. The molecule has 0 saturated carbocycles. The molecule has 0 aliphatic heterocycles. The molecule has 6 N–H and O–H groups in total. The Balaban J connectivity index is 3.85. The fraction of sp³-hybridized carbons (Fsp3) is 0.857. The van der Waals surface area contributed by atoms with Crippen LogP contribution in [0.4, 0.5) is 0 Å². The number of rotatable bonds is 6. The van der Waals surface area contributed by atoms with Crippen LogP contribution >= 0.6 is 0 Å². The van der Waals surface area contributed by atoms with Crippen LogP contribution in [-0.2, 0) is 10.0 Å². The van der Waals surface area contributed by atoms with Crippen LogP contribution < -0.4 is 21.7 Å². The number of hydrogen-bond acceptors (Lipinski definition) is 4. The van der Waals surface area contributed by atoms with E-state index in [9.17, 15) is 8.42 Å². The Hall–Kier alpha value is -0.860. The van der Waals surface area contributed by atoms with Gasteiger partial charge in [0.05, 0.1) is 5.75 Å². The molecule has 0 aliphatic carbocycles. The lowest BCUT2D eigenvalue weighted by Crippen LogP contribution is -2.43. The maximum Gasteiger partial charge on any atom is 0.210 e. The van der Waals surface area contributed by atoms with E-state index in [0.29, 0.717) is 12.5 Å². The molecule has 0 rings (SSSR count). The average Bonchev–Trinajstić information content (AvgIpc) is 2.14. The summed E-state index contributed by atoms with van der Waals surface area (Å²) in [6.45, 7) is 2.89. The van der Waals surface area contributed by atoms with Gasteiger partial charge in [-0.3, -0.25) is 10.4 Å². The molecule has 0 aliphatic rings. The monoisotopic (exact) mass is 237 g/mol. The number of guanidine groups is 1. The van der Waals surface area contributed by atoms with Crippen molar-refractivity contribution < 1.29 is 8.42 Å². The van der Waals surface area contributed by atoms with E-state index in [0.717, 1.165) is 12.8 Å². The summed E-state index contributed by atoms with van der Waals surface area (Å²) in [6, 6.07) is 0. The van der Waals surface area contributed by atoms with Gasteiger partial charge in [-0.25, -0.2) is 19.4 Å². The van der Waals surface area contributed by atoms with E-state index in [1.54, 1.807) is 0 Å². The number of primary sulfonamides is 1. The van der Waals surface area contributed by atoms with Crippen molar-refractivity contribution in [2.45, 2.75) is 19.8 Å². The van der Waals surface area contributed by atoms with Crippen molar-refractivity contribution in [2.75, 3.05) is 18.8 Å². The minimum Gasteiger partial charge on any atom is -0.354 e. The molecule has 0 unspecified atom stereocenters. The molecule has 0 spiro atoms. The van der Waals surface area contributed by atoms with E-state index in [4.69, 9.17) is 11.0 Å². The van der Waals surface area contributed by atoms with Crippen LogP contribution in [-0.4, -0.2) is 33.2 Å². The summed E-state index contributed by atoms with van der Waals surface area (Å²) in [4.78, 5) is 4.09. The molecular weight excluding hydrogens is 218 g/mol. The molecule has 0 aromatic heterocycles. The molecule has 90 valence electrons. The highest BCUT2D eigenvalue weighted by molar-refractivity contribution is 7.89. The number of sulfonamides is 1. The van der Waals surface area contributed by atoms with Gasteiger partial charge in [-0.2, -0.15) is 0 Å². The first-order chi connectivity index (χ1) is 6.99. The highest BCUT2D eigenvalue weighted by atomic mass is 32.2. The molecule has 0 amide bonds. The van der Waals surface area contributed by atoms with Gasteiger partial charge >= 0.3 is 0 Å². The Morgan fingerprint density at radius 1 is 1.47 bits per heavy atom. The SMILES string of the molecule is CCCCN=C(NN)NCCS(N)(=O)=O. The molecule has 7 nitrogen and oxygen atoms in total. The lowest BCUT2D eigenvalue weighted by atomic mass is 10.3. The zero-order chi connectivity index (χ0) is 11.7. The molecule has 0 saturated heterocycles. The van der Waals surface area contributed by atoms with Gasteiger partial charge in [-0.1, -0.05) is 13.3 Å². The molecule has 0 fully saturated rings. The highest BCUT2D eigenvalue weighted by Gasteiger charge is 2.02. The van der Waals surface area contributed by atoms with E-state index in [1.165, 1.54) is 0 Å². The Morgan fingerprint density at radius 2 is 2.13 bits per heavy atom. The van der Waals surface area contributed by atoms with Crippen LogP contribution in [0.15, 0.2) is 4.99 Å². The maximum absolute atomic E-state index is 10.6. The molecular formula is C7H19N5O2S. The number of nitrogens with two attached hydrogens (primary N) is 2. The second-order valence-electron chi connectivity index (χ2n) is 3.02. The molecule has 0 radical (unpaired) electrons. The summed E-state index contributed by atoms with van der Waals surface area (Å²) in [5, 5.41) is 7.57. The average molecular weight is 237 g/mol. The van der Waals surface area contributed by atoms with Crippen molar-refractivity contribution >= 4 is 16.0 Å². The predicted molar refractivity (Wildman–Crippen MR) is 60.5 cm³/mol. The first-order valence-electron chi connectivity index (χ1n) is 4.75. The number of aliphatic imine (C=N–C) groups is 1. The predicted octanol–water partition coefficient (Wildman–Crippen LogP) is -1.52. The highest BCUT2D eigenvalue weighted by Crippen LogP contribution is 1.86. The Kier molecular flexibility index (Phi) is 7.01. The van der Waals surface area contributed by atoms with Crippen LogP contribution in [0.1, 0.15) is 19.8 Å². The smallest absolute Gasteiger partial charge is 0.210 e. The number of nitrogens with zero attached hydrogens (tertiary/aromatic N) is 1. The van der Waals surface area contributed by atoms with Crippen molar-refractivity contribution in [1.82, 2.24) is 10.7 Å². The van der Waals surface area contributed by atoms with Crippen molar-refractivity contribution in [1.29, 1.82) is 0 Å². The third-order valence-electron chi connectivity index (χ3n) is 1.60. The summed E-state index contributed by atoms with van der Waals surface area (Å²) < 4.78 is 21.2. The van der Waals surface area contributed by atoms with E-state index < -0.39 is 10.0 Å². The Bertz CT molecular complexity index is 288. The van der Waals surface area contributed by atoms with E-state index >= 15 is 0 Å². The summed E-state index contributed by atoms with van der Waals surface area (Å²) in [5.74, 6) is 5.41. The van der Waals surface area contributed by atoms with Crippen molar-refractivity contribution in [2.24, 2.45) is 16.0 Å². The van der Waals surface area contributed by atoms with Gasteiger partial charge in [0.15, 0.2) is 0 Å². The molecule has 0 aromatic carbocycles. The molecule has 0 atom stereocenters. The number of unbranched alkanes of at least 4 members (excludes halogenated alkanes) is 1. The number of nitrogens with one attached hydrogen (secondary N) is 2. The topological polar surface area (TPSA) is 123 Å². The van der Waals surface area contributed by atoms with Gasteiger partial charge in [0.1, 0.15) is 0 Å². The van der Waals surface area contributed by atoms with Crippen LogP contribution in [0.5, 0.6) is 0 Å². The van der Waals surface area contributed by atoms with E-state index in [-0.39, 0.29) is 12.3 Å². The van der Waals surface area contributed by atoms with Crippen LogP contribution in [0.25, 0.3) is 0 Å². The molecule has 0 heterocycles. The third kappa shape index (κ3) is 9.44. The van der Waals surface area contributed by atoms with Crippen molar-refractivity contribution in [3.63, 3.8) is 0 Å². The zero-order valence-electron chi connectivity index (χ0n) is 8.86. The fourth-order valence-corrected chi connectivity index (χ4v) is 1.20. The normalized spacial score (nSPS) is 12.6. The first-order valence-corrected chi connectivity index (χ1v) is 6.46. The van der Waals surface area contributed by atoms with E-state index in [2.05, 4.69) is 22.7 Å². The van der Waals surface area contributed by atoms with Gasteiger partial charge in [-0.05, 0) is 6.42 Å². The molecule has 0 aromatic rings. The van der Waals surface area contributed by atoms with Crippen LogP contribution in [0.3, 0.4) is 0 Å². The minimum absolute atomic E-state index is 0.151. The summed E-state index contributed by atoms with van der Waals surface area (Å²) in [6.07, 6.45) is 2.00. The lowest BCUT2D eigenvalue weighted by Gasteiger charge is -2.07. The Morgan fingerprint density at radius 3 is 2.60 bits per heavy atom. The quantitative estimate of drug-likeness (QED) is 0.147. The van der Waals surface area contributed by atoms with Crippen LogP contribution in [0.2, 0.25) is 0 Å². The Labute approximate surface area is 90.3 Å². The first kappa shape index (κ1) is 14.1. The van der Waals surface area contributed by atoms with E-state index in [1.807, 2.05) is 0 Å². The third-order valence-corrected chi connectivity index (χ3v) is 2.37.